The second-order valence-corrected chi connectivity index (χ2v) is 7.75. The maximum absolute atomic E-state index is 12.8. The smallest absolute Gasteiger partial charge is 0.306 e. The summed E-state index contributed by atoms with van der Waals surface area (Å²) in [4.78, 5) is 28.0. The molecule has 0 bridgehead atoms. The number of carbonyl (C=O) groups is 2. The maximum Gasteiger partial charge on any atom is 0.306 e. The fraction of sp³-hybridized carbons (Fsp3) is 0.478. The predicted molar refractivity (Wildman–Crippen MR) is 115 cm³/mol. The minimum Gasteiger partial charge on any atom is -0.497 e. The second-order valence-electron chi connectivity index (χ2n) is 7.75. The zero-order valence-electron chi connectivity index (χ0n) is 18.1. The summed E-state index contributed by atoms with van der Waals surface area (Å²) in [5.74, 6) is 1.01. The normalized spacial score (nSPS) is 11.1. The average molecular weight is 401 g/mol. The Hall–Kier alpha value is -2.60. The van der Waals surface area contributed by atoms with Crippen LogP contribution in [0.3, 0.4) is 0 Å². The molecule has 0 radical (unpaired) electrons. The van der Waals surface area contributed by atoms with Gasteiger partial charge in [0.25, 0.3) is 0 Å². The third-order valence-electron chi connectivity index (χ3n) is 4.80. The Balaban J connectivity index is 2.00. The van der Waals surface area contributed by atoms with Crippen molar-refractivity contribution in [3.63, 3.8) is 0 Å². The zero-order valence-corrected chi connectivity index (χ0v) is 18.1. The Bertz CT molecular complexity index is 835. The highest BCUT2D eigenvalue weighted by molar-refractivity contribution is 5.84. The number of amides is 1. The predicted octanol–water partition coefficient (Wildman–Crippen LogP) is 3.33. The van der Waals surface area contributed by atoms with Gasteiger partial charge in [-0.05, 0) is 40.5 Å². The summed E-state index contributed by atoms with van der Waals surface area (Å²) in [5.41, 5.74) is 1.07. The van der Waals surface area contributed by atoms with Crippen LogP contribution >= 0.6 is 0 Å². The molecule has 2 aromatic carbocycles. The van der Waals surface area contributed by atoms with Gasteiger partial charge in [0.2, 0.25) is 5.91 Å². The molecule has 1 amide bonds. The van der Waals surface area contributed by atoms with E-state index in [9.17, 15) is 9.59 Å². The molecular weight excluding hydrogens is 368 g/mol. The lowest BCUT2D eigenvalue weighted by molar-refractivity contribution is -0.141. The van der Waals surface area contributed by atoms with Crippen LogP contribution in [-0.2, 0) is 20.9 Å². The van der Waals surface area contributed by atoms with Crippen molar-refractivity contribution in [1.82, 2.24) is 9.80 Å². The molecular formula is C23H32N2O4. The molecule has 6 heteroatoms. The summed E-state index contributed by atoms with van der Waals surface area (Å²) in [6, 6.07) is 12.1. The van der Waals surface area contributed by atoms with Gasteiger partial charge in [0.05, 0.1) is 27.2 Å². The van der Waals surface area contributed by atoms with Crippen LogP contribution in [0.15, 0.2) is 36.4 Å². The first-order chi connectivity index (χ1) is 13.8. The van der Waals surface area contributed by atoms with Gasteiger partial charge in [0.15, 0.2) is 0 Å². The molecule has 158 valence electrons. The summed E-state index contributed by atoms with van der Waals surface area (Å²) < 4.78 is 9.99. The standard InChI is InChI=1S/C23H32N2O4/c1-17(2)14-25(11-10-23(27)29-5)16-22(26)24(3)15-18-6-7-20-13-21(28-4)9-8-19(20)12-18/h6-9,12-13,17H,10-11,14-16H2,1-5H3. The molecule has 0 unspecified atom stereocenters. The van der Waals surface area contributed by atoms with Gasteiger partial charge in [0.1, 0.15) is 5.75 Å². The number of likely N-dealkylation sites (N-methyl/N-ethyl adjacent to an activating group) is 1. The fourth-order valence-electron chi connectivity index (χ4n) is 3.28. The van der Waals surface area contributed by atoms with Crippen molar-refractivity contribution in [1.29, 1.82) is 0 Å². The van der Waals surface area contributed by atoms with Crippen LogP contribution in [0.4, 0.5) is 0 Å². The van der Waals surface area contributed by atoms with Crippen molar-refractivity contribution < 1.29 is 19.1 Å². The SMILES string of the molecule is COC(=O)CCN(CC(=O)N(C)Cc1ccc2cc(OC)ccc2c1)CC(C)C. The van der Waals surface area contributed by atoms with Gasteiger partial charge in [0, 0.05) is 26.7 Å². The Labute approximate surface area is 173 Å². The maximum atomic E-state index is 12.8. The molecule has 0 heterocycles. The van der Waals surface area contributed by atoms with Crippen LogP contribution in [0, 0.1) is 5.92 Å². The van der Waals surface area contributed by atoms with Crippen molar-refractivity contribution in [3.05, 3.63) is 42.0 Å². The molecule has 6 nitrogen and oxygen atoms in total. The lowest BCUT2D eigenvalue weighted by Gasteiger charge is -2.26. The van der Waals surface area contributed by atoms with Crippen LogP contribution in [0.25, 0.3) is 10.8 Å². The Kier molecular flexibility index (Phi) is 8.46. The third-order valence-corrected chi connectivity index (χ3v) is 4.80. The van der Waals surface area contributed by atoms with Gasteiger partial charge in [-0.3, -0.25) is 14.5 Å². The first-order valence-corrected chi connectivity index (χ1v) is 9.92. The molecule has 0 aliphatic heterocycles. The van der Waals surface area contributed by atoms with Crippen LogP contribution in [0.5, 0.6) is 5.75 Å². The Morgan fingerprint density at radius 1 is 1.03 bits per heavy atom. The van der Waals surface area contributed by atoms with E-state index >= 15 is 0 Å². The number of esters is 1. The van der Waals surface area contributed by atoms with Crippen LogP contribution < -0.4 is 4.74 Å². The Morgan fingerprint density at radius 3 is 2.38 bits per heavy atom. The van der Waals surface area contributed by atoms with E-state index in [4.69, 9.17) is 9.47 Å². The van der Waals surface area contributed by atoms with E-state index in [0.717, 1.165) is 28.6 Å². The van der Waals surface area contributed by atoms with Gasteiger partial charge >= 0.3 is 5.97 Å². The van der Waals surface area contributed by atoms with Gasteiger partial charge < -0.3 is 14.4 Å². The van der Waals surface area contributed by atoms with E-state index in [0.29, 0.717) is 19.0 Å². The molecule has 0 atom stereocenters. The molecule has 0 fully saturated rings. The van der Waals surface area contributed by atoms with E-state index in [1.54, 1.807) is 12.0 Å². The highest BCUT2D eigenvalue weighted by atomic mass is 16.5. The lowest BCUT2D eigenvalue weighted by Crippen LogP contribution is -2.40. The number of rotatable bonds is 10. The number of ether oxygens (including phenoxy) is 2. The Morgan fingerprint density at radius 2 is 1.72 bits per heavy atom. The quantitative estimate of drug-likeness (QED) is 0.573. The molecule has 0 aromatic heterocycles. The minimum absolute atomic E-state index is 0.0327. The summed E-state index contributed by atoms with van der Waals surface area (Å²) in [6.45, 7) is 6.30. The van der Waals surface area contributed by atoms with Crippen molar-refractivity contribution in [2.24, 2.45) is 5.92 Å². The summed E-state index contributed by atoms with van der Waals surface area (Å²) in [7, 11) is 4.85. The van der Waals surface area contributed by atoms with Crippen molar-refractivity contribution >= 4 is 22.6 Å². The summed E-state index contributed by atoms with van der Waals surface area (Å²) in [6.07, 6.45) is 0.286. The first kappa shape index (κ1) is 22.7. The first-order valence-electron chi connectivity index (χ1n) is 9.92. The topological polar surface area (TPSA) is 59.1 Å². The number of nitrogens with zero attached hydrogens (tertiary/aromatic N) is 2. The fourth-order valence-corrected chi connectivity index (χ4v) is 3.28. The highest BCUT2D eigenvalue weighted by Crippen LogP contribution is 2.22. The monoisotopic (exact) mass is 400 g/mol. The van der Waals surface area contributed by atoms with Gasteiger partial charge in [-0.2, -0.15) is 0 Å². The third kappa shape index (κ3) is 7.06. The van der Waals surface area contributed by atoms with Crippen molar-refractivity contribution in [2.45, 2.75) is 26.8 Å². The molecule has 29 heavy (non-hydrogen) atoms. The molecule has 0 aliphatic carbocycles. The van der Waals surface area contributed by atoms with E-state index in [1.807, 2.05) is 42.3 Å². The molecule has 0 N–H and O–H groups in total. The van der Waals surface area contributed by atoms with Gasteiger partial charge in [-0.15, -0.1) is 0 Å². The van der Waals surface area contributed by atoms with E-state index in [-0.39, 0.29) is 24.8 Å². The molecule has 0 saturated heterocycles. The molecule has 0 spiro atoms. The summed E-state index contributed by atoms with van der Waals surface area (Å²) in [5, 5.41) is 2.22. The van der Waals surface area contributed by atoms with Crippen LogP contribution in [0.2, 0.25) is 0 Å². The van der Waals surface area contributed by atoms with Crippen molar-refractivity contribution in [3.8, 4) is 5.75 Å². The molecule has 2 aromatic rings. The van der Waals surface area contributed by atoms with E-state index in [1.165, 1.54) is 7.11 Å². The number of methoxy groups -OCH3 is 2. The van der Waals surface area contributed by atoms with E-state index < -0.39 is 0 Å². The van der Waals surface area contributed by atoms with Crippen molar-refractivity contribution in [2.75, 3.05) is 40.9 Å². The number of carbonyl (C=O) groups excluding carboxylic acids is 2. The number of benzene rings is 2. The molecule has 0 aliphatic rings. The summed E-state index contributed by atoms with van der Waals surface area (Å²) >= 11 is 0. The largest absolute Gasteiger partial charge is 0.497 e. The lowest BCUT2D eigenvalue weighted by atomic mass is 10.1. The minimum atomic E-state index is -0.257. The van der Waals surface area contributed by atoms with Gasteiger partial charge in [-0.25, -0.2) is 0 Å². The van der Waals surface area contributed by atoms with Gasteiger partial charge in [-0.1, -0.05) is 32.0 Å². The van der Waals surface area contributed by atoms with Crippen LogP contribution in [-0.4, -0.2) is 62.6 Å². The van der Waals surface area contributed by atoms with E-state index in [2.05, 4.69) is 19.9 Å². The number of hydrogen-bond donors (Lipinski definition) is 0. The second kappa shape index (κ2) is 10.8. The molecule has 2 rings (SSSR count). The molecule has 0 saturated carbocycles. The zero-order chi connectivity index (χ0) is 21.4. The van der Waals surface area contributed by atoms with Crippen LogP contribution in [0.1, 0.15) is 25.8 Å². The number of fused-ring (bicyclic) bond motifs is 1. The average Bonchev–Trinajstić information content (AvgIpc) is 2.70. The number of hydrogen-bond acceptors (Lipinski definition) is 5. The highest BCUT2D eigenvalue weighted by Gasteiger charge is 2.17.